The van der Waals surface area contributed by atoms with Gasteiger partial charge < -0.3 is 19.6 Å². The molecule has 1 fully saturated rings. The van der Waals surface area contributed by atoms with E-state index in [-0.39, 0.29) is 11.3 Å². The largest absolute Gasteiger partial charge is 0.507 e. The maximum atomic E-state index is 13.0. The summed E-state index contributed by atoms with van der Waals surface area (Å²) in [6.45, 7) is 3.09. The molecule has 0 spiro atoms. The van der Waals surface area contributed by atoms with E-state index in [4.69, 9.17) is 4.74 Å². The molecule has 1 aliphatic rings. The highest BCUT2D eigenvalue weighted by atomic mass is 16.5. The fourth-order valence-corrected chi connectivity index (χ4v) is 3.83. The molecular formula is C24H28N2O4. The van der Waals surface area contributed by atoms with E-state index in [1.165, 1.54) is 0 Å². The van der Waals surface area contributed by atoms with Crippen LogP contribution in [0.2, 0.25) is 0 Å². The average Bonchev–Trinajstić information content (AvgIpc) is 2.98. The molecule has 6 nitrogen and oxygen atoms in total. The Kier molecular flexibility index (Phi) is 6.57. The van der Waals surface area contributed by atoms with E-state index in [0.717, 1.165) is 24.1 Å². The third kappa shape index (κ3) is 4.24. The first-order chi connectivity index (χ1) is 14.3. The Hall–Kier alpha value is -3.12. The summed E-state index contributed by atoms with van der Waals surface area (Å²) in [5, 5.41) is 11.1. The minimum absolute atomic E-state index is 0.126. The Morgan fingerprint density at radius 3 is 2.43 bits per heavy atom. The van der Waals surface area contributed by atoms with Crippen LogP contribution in [-0.4, -0.2) is 60.9 Å². The van der Waals surface area contributed by atoms with E-state index in [0.29, 0.717) is 17.9 Å². The molecule has 158 valence electrons. The fraction of sp³-hybridized carbons (Fsp3) is 0.333. The van der Waals surface area contributed by atoms with Crippen molar-refractivity contribution in [3.05, 3.63) is 70.8 Å². The van der Waals surface area contributed by atoms with Gasteiger partial charge in [0.15, 0.2) is 0 Å². The van der Waals surface area contributed by atoms with Crippen molar-refractivity contribution >= 4 is 17.4 Å². The van der Waals surface area contributed by atoms with Crippen LogP contribution in [0.4, 0.5) is 0 Å². The molecule has 1 N–H and O–H groups in total. The van der Waals surface area contributed by atoms with E-state index in [1.807, 2.05) is 56.3 Å². The molecule has 2 aromatic carbocycles. The molecule has 1 aliphatic heterocycles. The number of ketones is 1. The zero-order valence-electron chi connectivity index (χ0n) is 17.9. The number of aliphatic hydroxyl groups excluding tert-OH is 1. The number of benzene rings is 2. The smallest absolute Gasteiger partial charge is 0.295 e. The topological polar surface area (TPSA) is 70.1 Å². The maximum absolute atomic E-state index is 13.0. The molecule has 2 aromatic rings. The highest BCUT2D eigenvalue weighted by Crippen LogP contribution is 2.39. The van der Waals surface area contributed by atoms with E-state index in [2.05, 4.69) is 0 Å². The normalized spacial score (nSPS) is 18.3. The number of aliphatic hydroxyl groups is 1. The van der Waals surface area contributed by atoms with Crippen molar-refractivity contribution in [1.82, 2.24) is 9.80 Å². The van der Waals surface area contributed by atoms with Crippen LogP contribution in [0.25, 0.3) is 5.76 Å². The SMILES string of the molecule is COc1ccc(/C(O)=C2\C(=O)C(=O)N(CCCN(C)C)[C@@H]2c2ccccc2)cc1C. The van der Waals surface area contributed by atoms with Crippen LogP contribution in [-0.2, 0) is 9.59 Å². The van der Waals surface area contributed by atoms with Gasteiger partial charge in [0.1, 0.15) is 11.5 Å². The minimum Gasteiger partial charge on any atom is -0.507 e. The first-order valence-corrected chi connectivity index (χ1v) is 9.98. The summed E-state index contributed by atoms with van der Waals surface area (Å²) < 4.78 is 5.28. The number of rotatable bonds is 7. The predicted molar refractivity (Wildman–Crippen MR) is 116 cm³/mol. The second kappa shape index (κ2) is 9.13. The van der Waals surface area contributed by atoms with Crippen molar-refractivity contribution in [2.45, 2.75) is 19.4 Å². The third-order valence-corrected chi connectivity index (χ3v) is 5.33. The van der Waals surface area contributed by atoms with Gasteiger partial charge in [-0.2, -0.15) is 0 Å². The molecule has 1 amide bonds. The lowest BCUT2D eigenvalue weighted by molar-refractivity contribution is -0.139. The van der Waals surface area contributed by atoms with Gasteiger partial charge in [0.25, 0.3) is 11.7 Å². The first kappa shape index (κ1) is 21.6. The molecular weight excluding hydrogens is 380 g/mol. The Morgan fingerprint density at radius 2 is 1.83 bits per heavy atom. The number of carbonyl (C=O) groups excluding carboxylic acids is 2. The summed E-state index contributed by atoms with van der Waals surface area (Å²) in [5.74, 6) is -0.701. The Labute approximate surface area is 177 Å². The summed E-state index contributed by atoms with van der Waals surface area (Å²) in [6.07, 6.45) is 0.727. The second-order valence-corrected chi connectivity index (χ2v) is 7.74. The van der Waals surface area contributed by atoms with Gasteiger partial charge >= 0.3 is 0 Å². The van der Waals surface area contributed by atoms with Gasteiger partial charge in [0, 0.05) is 12.1 Å². The highest BCUT2D eigenvalue weighted by molar-refractivity contribution is 6.46. The van der Waals surface area contributed by atoms with Crippen LogP contribution in [0.1, 0.15) is 29.2 Å². The molecule has 0 saturated carbocycles. The summed E-state index contributed by atoms with van der Waals surface area (Å²) in [5.41, 5.74) is 2.24. The number of Topliss-reactive ketones (excluding diaryl/α,β-unsaturated/α-hetero) is 1. The van der Waals surface area contributed by atoms with Crippen LogP contribution in [0.3, 0.4) is 0 Å². The minimum atomic E-state index is -0.653. The lowest BCUT2D eigenvalue weighted by atomic mass is 9.95. The van der Waals surface area contributed by atoms with Gasteiger partial charge in [0.05, 0.1) is 18.7 Å². The van der Waals surface area contributed by atoms with Crippen LogP contribution < -0.4 is 4.74 Å². The average molecular weight is 408 g/mol. The molecule has 0 unspecified atom stereocenters. The number of carbonyl (C=O) groups is 2. The quantitative estimate of drug-likeness (QED) is 0.432. The zero-order chi connectivity index (χ0) is 21.8. The summed E-state index contributed by atoms with van der Waals surface area (Å²) in [7, 11) is 5.51. The summed E-state index contributed by atoms with van der Waals surface area (Å²) in [6, 6.07) is 14.0. The van der Waals surface area contributed by atoms with Crippen molar-refractivity contribution in [3.63, 3.8) is 0 Å². The van der Waals surface area contributed by atoms with Crippen molar-refractivity contribution in [2.24, 2.45) is 0 Å². The van der Waals surface area contributed by atoms with Gasteiger partial charge in [-0.25, -0.2) is 0 Å². The lowest BCUT2D eigenvalue weighted by Gasteiger charge is -2.26. The third-order valence-electron chi connectivity index (χ3n) is 5.33. The fourth-order valence-electron chi connectivity index (χ4n) is 3.83. The highest BCUT2D eigenvalue weighted by Gasteiger charge is 2.45. The van der Waals surface area contributed by atoms with E-state index in [9.17, 15) is 14.7 Å². The Bertz CT molecular complexity index is 966. The maximum Gasteiger partial charge on any atom is 0.295 e. The van der Waals surface area contributed by atoms with Crippen molar-refractivity contribution in [1.29, 1.82) is 0 Å². The van der Waals surface area contributed by atoms with E-state index >= 15 is 0 Å². The van der Waals surface area contributed by atoms with Gasteiger partial charge in [-0.3, -0.25) is 9.59 Å². The summed E-state index contributed by atoms with van der Waals surface area (Å²) in [4.78, 5) is 29.5. The number of aryl methyl sites for hydroxylation is 1. The number of methoxy groups -OCH3 is 1. The van der Waals surface area contributed by atoms with Crippen LogP contribution in [0, 0.1) is 6.92 Å². The molecule has 3 rings (SSSR count). The second-order valence-electron chi connectivity index (χ2n) is 7.74. The van der Waals surface area contributed by atoms with Crippen molar-refractivity contribution < 1.29 is 19.4 Å². The number of nitrogens with zero attached hydrogens (tertiary/aromatic N) is 2. The molecule has 1 saturated heterocycles. The van der Waals surface area contributed by atoms with Crippen molar-refractivity contribution in [2.75, 3.05) is 34.3 Å². The standard InChI is InChI=1S/C24H28N2O4/c1-16-15-18(11-12-19(16)30-4)22(27)20-21(17-9-6-5-7-10-17)26(24(29)23(20)28)14-8-13-25(2)3/h5-7,9-12,15,21,27H,8,13-14H2,1-4H3/b22-20+/t21-/m1/s1. The molecule has 6 heteroatoms. The van der Waals surface area contributed by atoms with Gasteiger partial charge in [-0.15, -0.1) is 0 Å². The molecule has 0 bridgehead atoms. The number of hydrogen-bond acceptors (Lipinski definition) is 5. The number of ether oxygens (including phenoxy) is 1. The molecule has 1 heterocycles. The van der Waals surface area contributed by atoms with Crippen molar-refractivity contribution in [3.8, 4) is 5.75 Å². The van der Waals surface area contributed by atoms with E-state index < -0.39 is 17.7 Å². The monoisotopic (exact) mass is 408 g/mol. The molecule has 30 heavy (non-hydrogen) atoms. The zero-order valence-corrected chi connectivity index (χ0v) is 17.9. The molecule has 1 atom stereocenters. The van der Waals surface area contributed by atoms with Gasteiger partial charge in [0.2, 0.25) is 0 Å². The van der Waals surface area contributed by atoms with Crippen LogP contribution >= 0.6 is 0 Å². The van der Waals surface area contributed by atoms with Crippen LogP contribution in [0.5, 0.6) is 5.75 Å². The van der Waals surface area contributed by atoms with Crippen LogP contribution in [0.15, 0.2) is 54.1 Å². The number of likely N-dealkylation sites (tertiary alicyclic amines) is 1. The lowest BCUT2D eigenvalue weighted by Crippen LogP contribution is -2.32. The predicted octanol–water partition coefficient (Wildman–Crippen LogP) is 3.38. The van der Waals surface area contributed by atoms with E-state index in [1.54, 1.807) is 30.2 Å². The number of hydrogen-bond donors (Lipinski definition) is 1. The van der Waals surface area contributed by atoms with Gasteiger partial charge in [-0.05, 0) is 63.3 Å². The Morgan fingerprint density at radius 1 is 1.13 bits per heavy atom. The summed E-state index contributed by atoms with van der Waals surface area (Å²) >= 11 is 0. The molecule has 0 aliphatic carbocycles. The number of amides is 1. The first-order valence-electron chi connectivity index (χ1n) is 9.98. The Balaban J connectivity index is 2.08. The molecule has 0 radical (unpaired) electrons. The van der Waals surface area contributed by atoms with Gasteiger partial charge in [-0.1, -0.05) is 30.3 Å². The molecule has 0 aromatic heterocycles.